The third-order valence-corrected chi connectivity index (χ3v) is 1.76. The molecule has 0 fully saturated rings. The third-order valence-electron chi connectivity index (χ3n) is 1.27. The molecule has 1 aromatic rings. The highest BCUT2D eigenvalue weighted by atomic mass is 79.9. The summed E-state index contributed by atoms with van der Waals surface area (Å²) >= 11 is 3.30. The molecule has 0 unspecified atom stereocenters. The summed E-state index contributed by atoms with van der Waals surface area (Å²) in [6.45, 7) is 1.89. The zero-order chi connectivity index (χ0) is 12.1. The normalized spacial score (nSPS) is 9.93. The molecule has 1 rings (SSSR count). The Morgan fingerprint density at radius 3 is 2.07 bits per heavy atom. The van der Waals surface area contributed by atoms with Gasteiger partial charge in [-0.2, -0.15) is 0 Å². The second-order valence-corrected chi connectivity index (χ2v) is 3.44. The van der Waals surface area contributed by atoms with E-state index in [1.165, 1.54) is 0 Å². The van der Waals surface area contributed by atoms with Crippen LogP contribution in [0.1, 0.15) is 5.56 Å². The second-order valence-electron chi connectivity index (χ2n) is 2.53. The fourth-order valence-electron chi connectivity index (χ4n) is 0.731. The molecule has 0 bridgehead atoms. The van der Waals surface area contributed by atoms with Crippen LogP contribution in [0.3, 0.4) is 0 Å². The molecule has 8 heteroatoms. The first-order chi connectivity index (χ1) is 6.74. The number of halogens is 5. The molecule has 0 amide bonds. The smallest absolute Gasteiger partial charge is 0.418 e. The number of benzene rings is 1. The van der Waals surface area contributed by atoms with Gasteiger partial charge in [-0.25, -0.2) is 0 Å². The van der Waals surface area contributed by atoms with Crippen LogP contribution in [-0.4, -0.2) is 7.25 Å². The zero-order valence-corrected chi connectivity index (χ0v) is 9.18. The molecule has 0 aliphatic heterocycles. The van der Waals surface area contributed by atoms with E-state index in [2.05, 4.69) is 20.9 Å². The first-order valence-electron chi connectivity index (χ1n) is 3.72. The summed E-state index contributed by atoms with van der Waals surface area (Å²) in [5.41, 5.74) is 1.57. The lowest BCUT2D eigenvalue weighted by Crippen LogP contribution is -2.02. The minimum absolute atomic E-state index is 0.614. The lowest BCUT2D eigenvalue weighted by atomic mass is 10.2. The first-order valence-corrected chi connectivity index (χ1v) is 4.52. The summed E-state index contributed by atoms with van der Waals surface area (Å²) in [5, 5.41) is 8.42. The average Bonchev–Trinajstić information content (AvgIpc) is 2.01. The Labute approximate surface area is 92.1 Å². The van der Waals surface area contributed by atoms with Gasteiger partial charge in [-0.1, -0.05) is 15.9 Å². The van der Waals surface area contributed by atoms with Gasteiger partial charge in [0.1, 0.15) is 0 Å². The van der Waals surface area contributed by atoms with Gasteiger partial charge in [0.05, 0.1) is 0 Å². The summed E-state index contributed by atoms with van der Waals surface area (Å²) in [6, 6.07) is 5.48. The standard InChI is InChI=1S/C7H6BrN2.BF4/c1-5-4-6(8)2-3-7(5)10-9;2-1(3,4)5/h2-4H,1H3;/q+1;-1. The molecule has 0 heterocycles. The number of aryl methyl sites for hydroxylation is 1. The molecule has 0 atom stereocenters. The Balaban J connectivity index is 0.000000336. The summed E-state index contributed by atoms with van der Waals surface area (Å²) in [7, 11) is -6.00. The van der Waals surface area contributed by atoms with Gasteiger partial charge in [-0.05, 0) is 19.1 Å². The second kappa shape index (κ2) is 5.71. The fourth-order valence-corrected chi connectivity index (χ4v) is 1.21. The number of diazo groups is 1. The molecule has 1 aromatic carbocycles. The van der Waals surface area contributed by atoms with Crippen LogP contribution in [0.25, 0.3) is 4.98 Å². The van der Waals surface area contributed by atoms with Gasteiger partial charge >= 0.3 is 12.9 Å². The predicted molar refractivity (Wildman–Crippen MR) is 53.8 cm³/mol. The van der Waals surface area contributed by atoms with Crippen LogP contribution in [0.4, 0.5) is 23.0 Å². The van der Waals surface area contributed by atoms with E-state index >= 15 is 0 Å². The third kappa shape index (κ3) is 7.94. The Kier molecular flexibility index (Phi) is 5.29. The summed E-state index contributed by atoms with van der Waals surface area (Å²) in [4.78, 5) is 3.09. The zero-order valence-electron chi connectivity index (χ0n) is 7.59. The van der Waals surface area contributed by atoms with Crippen LogP contribution in [-0.2, 0) is 0 Å². The maximum atomic E-state index is 9.75. The van der Waals surface area contributed by atoms with Crippen molar-refractivity contribution >= 4 is 28.9 Å². The fraction of sp³-hybridized carbons (Fsp3) is 0.143. The van der Waals surface area contributed by atoms with E-state index in [-0.39, 0.29) is 0 Å². The number of hydrogen-bond acceptors (Lipinski definition) is 1. The van der Waals surface area contributed by atoms with E-state index in [1.807, 2.05) is 19.1 Å². The topological polar surface area (TPSA) is 28.1 Å². The quantitative estimate of drug-likeness (QED) is 0.390. The van der Waals surface area contributed by atoms with Crippen molar-refractivity contribution in [2.75, 3.05) is 0 Å². The Hall–Kier alpha value is -1.10. The number of rotatable bonds is 0. The molecular weight excluding hydrogens is 279 g/mol. The van der Waals surface area contributed by atoms with E-state index in [9.17, 15) is 17.3 Å². The molecule has 0 aromatic heterocycles. The van der Waals surface area contributed by atoms with Gasteiger partial charge in [0.15, 0.2) is 4.98 Å². The van der Waals surface area contributed by atoms with Crippen molar-refractivity contribution in [2.24, 2.45) is 0 Å². The summed E-state index contributed by atoms with van der Waals surface area (Å²) in [6.07, 6.45) is 0. The SMILES string of the molecule is Cc1cc(Br)ccc1[N+]#N.F[B-](F)(F)F. The van der Waals surface area contributed by atoms with E-state index in [1.54, 1.807) is 6.07 Å². The molecule has 0 radical (unpaired) electrons. The lowest BCUT2D eigenvalue weighted by Gasteiger charge is -1.94. The molecule has 82 valence electrons. The van der Waals surface area contributed by atoms with E-state index in [0.29, 0.717) is 5.69 Å². The van der Waals surface area contributed by atoms with Crippen molar-refractivity contribution in [1.82, 2.24) is 0 Å². The van der Waals surface area contributed by atoms with Crippen LogP contribution >= 0.6 is 15.9 Å². The molecule has 2 nitrogen and oxygen atoms in total. The maximum Gasteiger partial charge on any atom is 0.673 e. The highest BCUT2D eigenvalue weighted by molar-refractivity contribution is 9.10. The number of hydrogen-bond donors (Lipinski definition) is 0. The van der Waals surface area contributed by atoms with Crippen molar-refractivity contribution in [2.45, 2.75) is 6.92 Å². The minimum atomic E-state index is -6.00. The summed E-state index contributed by atoms with van der Waals surface area (Å²) < 4.78 is 40.0. The number of nitrogens with zero attached hydrogens (tertiary/aromatic N) is 2. The molecule has 0 saturated heterocycles. The van der Waals surface area contributed by atoms with Crippen LogP contribution in [0.5, 0.6) is 0 Å². The maximum absolute atomic E-state index is 9.75. The average molecular weight is 285 g/mol. The van der Waals surface area contributed by atoms with E-state index in [0.717, 1.165) is 10.0 Å². The highest BCUT2D eigenvalue weighted by Crippen LogP contribution is 2.21. The Morgan fingerprint density at radius 2 is 1.73 bits per heavy atom. The van der Waals surface area contributed by atoms with Crippen molar-refractivity contribution in [3.63, 3.8) is 0 Å². The lowest BCUT2D eigenvalue weighted by molar-refractivity contribution is 0.368. The molecule has 0 aliphatic rings. The van der Waals surface area contributed by atoms with Crippen LogP contribution in [0, 0.1) is 12.3 Å². The van der Waals surface area contributed by atoms with Crippen LogP contribution < -0.4 is 0 Å². The molecular formula is C7H6BBrF4N2. The van der Waals surface area contributed by atoms with Crippen LogP contribution in [0.15, 0.2) is 22.7 Å². The van der Waals surface area contributed by atoms with E-state index in [4.69, 9.17) is 5.39 Å². The Bertz CT molecular complexity index is 368. The van der Waals surface area contributed by atoms with Gasteiger partial charge in [-0.3, -0.25) is 0 Å². The molecule has 0 aliphatic carbocycles. The monoisotopic (exact) mass is 284 g/mol. The predicted octanol–water partition coefficient (Wildman–Crippen LogP) is 4.54. The minimum Gasteiger partial charge on any atom is -0.418 e. The van der Waals surface area contributed by atoms with Gasteiger partial charge in [0.2, 0.25) is 5.39 Å². The highest BCUT2D eigenvalue weighted by Gasteiger charge is 2.20. The van der Waals surface area contributed by atoms with Gasteiger partial charge in [0.25, 0.3) is 0 Å². The van der Waals surface area contributed by atoms with Crippen LogP contribution in [0.2, 0.25) is 0 Å². The van der Waals surface area contributed by atoms with Gasteiger partial charge < -0.3 is 17.3 Å². The van der Waals surface area contributed by atoms with Crippen molar-refractivity contribution in [3.8, 4) is 0 Å². The molecule has 15 heavy (non-hydrogen) atoms. The van der Waals surface area contributed by atoms with Crippen molar-refractivity contribution < 1.29 is 17.3 Å². The molecule has 0 saturated carbocycles. The van der Waals surface area contributed by atoms with Crippen molar-refractivity contribution in [1.29, 1.82) is 5.39 Å². The molecule has 0 spiro atoms. The van der Waals surface area contributed by atoms with E-state index < -0.39 is 7.25 Å². The Morgan fingerprint density at radius 1 is 1.27 bits per heavy atom. The van der Waals surface area contributed by atoms with Gasteiger partial charge in [-0.15, -0.1) is 0 Å². The largest absolute Gasteiger partial charge is 0.673 e. The summed E-state index contributed by atoms with van der Waals surface area (Å²) in [5.74, 6) is 0. The first kappa shape index (κ1) is 13.9. The molecule has 0 N–H and O–H groups in total. The van der Waals surface area contributed by atoms with Gasteiger partial charge in [0, 0.05) is 16.1 Å². The van der Waals surface area contributed by atoms with Crippen molar-refractivity contribution in [3.05, 3.63) is 33.2 Å².